The van der Waals surface area contributed by atoms with E-state index in [1.807, 2.05) is 30.3 Å². The zero-order valence-electron chi connectivity index (χ0n) is 11.4. The molecule has 2 aromatic heterocycles. The number of hydrogen-bond acceptors (Lipinski definition) is 4. The highest BCUT2D eigenvalue weighted by Gasteiger charge is 2.11. The van der Waals surface area contributed by atoms with Crippen LogP contribution in [-0.4, -0.2) is 10.9 Å². The number of fused-ring (bicyclic) bond motifs is 1. The molecule has 0 saturated carbocycles. The number of furan rings is 1. The molecule has 1 amide bonds. The number of benzene rings is 1. The number of hydrogen-bond donors (Lipinski definition) is 2. The summed E-state index contributed by atoms with van der Waals surface area (Å²) in [6, 6.07) is 13.1. The van der Waals surface area contributed by atoms with E-state index in [4.69, 9.17) is 10.2 Å². The lowest BCUT2D eigenvalue weighted by molar-refractivity contribution is 0.0921. The smallest absolute Gasteiger partial charge is 0.287 e. The summed E-state index contributed by atoms with van der Waals surface area (Å²) >= 11 is 0. The predicted molar refractivity (Wildman–Crippen MR) is 79.5 cm³/mol. The Morgan fingerprint density at radius 3 is 2.86 bits per heavy atom. The molecule has 0 fully saturated rings. The van der Waals surface area contributed by atoms with Crippen LogP contribution in [0.3, 0.4) is 0 Å². The summed E-state index contributed by atoms with van der Waals surface area (Å²) in [5.74, 6) is 0.596. The zero-order chi connectivity index (χ0) is 14.7. The predicted octanol–water partition coefficient (Wildman–Crippen LogP) is 2.22. The number of amides is 1. The lowest BCUT2D eigenvalue weighted by Crippen LogP contribution is -2.22. The Kier molecular flexibility index (Phi) is 3.66. The van der Waals surface area contributed by atoms with E-state index in [-0.39, 0.29) is 18.2 Å². The van der Waals surface area contributed by atoms with Crippen LogP contribution in [0.25, 0.3) is 10.9 Å². The van der Waals surface area contributed by atoms with Gasteiger partial charge in [-0.25, -0.2) is 0 Å². The van der Waals surface area contributed by atoms with Crippen LogP contribution in [0.15, 0.2) is 53.1 Å². The fourth-order valence-electron chi connectivity index (χ4n) is 2.18. The van der Waals surface area contributed by atoms with Gasteiger partial charge in [0.15, 0.2) is 5.76 Å². The number of rotatable bonds is 4. The highest BCUT2D eigenvalue weighted by Crippen LogP contribution is 2.16. The molecule has 0 aliphatic carbocycles. The average Bonchev–Trinajstić information content (AvgIpc) is 3.01. The van der Waals surface area contributed by atoms with Crippen molar-refractivity contribution in [2.75, 3.05) is 0 Å². The monoisotopic (exact) mass is 281 g/mol. The molecule has 0 aliphatic heterocycles. The van der Waals surface area contributed by atoms with E-state index < -0.39 is 0 Å². The largest absolute Gasteiger partial charge is 0.455 e. The first kappa shape index (κ1) is 13.3. The highest BCUT2D eigenvalue weighted by molar-refractivity contribution is 5.91. The van der Waals surface area contributed by atoms with Crippen LogP contribution in [0.2, 0.25) is 0 Å². The summed E-state index contributed by atoms with van der Waals surface area (Å²) in [6.45, 7) is 0.673. The van der Waals surface area contributed by atoms with Crippen molar-refractivity contribution in [3.63, 3.8) is 0 Å². The molecule has 0 aliphatic rings. The number of carbonyl (C=O) groups is 1. The van der Waals surface area contributed by atoms with E-state index in [1.165, 1.54) is 0 Å². The average molecular weight is 281 g/mol. The molecule has 1 aromatic carbocycles. The number of para-hydroxylation sites is 1. The van der Waals surface area contributed by atoms with Crippen molar-refractivity contribution in [2.45, 2.75) is 13.1 Å². The number of nitrogens with two attached hydrogens (primary N) is 1. The van der Waals surface area contributed by atoms with Gasteiger partial charge in [0.05, 0.1) is 12.1 Å². The fourth-order valence-corrected chi connectivity index (χ4v) is 2.18. The third-order valence-electron chi connectivity index (χ3n) is 3.24. The molecule has 0 unspecified atom stereocenters. The van der Waals surface area contributed by atoms with Crippen molar-refractivity contribution in [1.29, 1.82) is 0 Å². The van der Waals surface area contributed by atoms with Crippen molar-refractivity contribution in [3.8, 4) is 0 Å². The minimum absolute atomic E-state index is 0.261. The molecular formula is C16H15N3O2. The Balaban J connectivity index is 1.75. The van der Waals surface area contributed by atoms with Gasteiger partial charge in [0.2, 0.25) is 0 Å². The second-order valence-corrected chi connectivity index (χ2v) is 4.65. The second kappa shape index (κ2) is 5.76. The van der Waals surface area contributed by atoms with Gasteiger partial charge in [-0.2, -0.15) is 0 Å². The molecule has 2 heterocycles. The molecule has 0 saturated heterocycles. The first-order valence-electron chi connectivity index (χ1n) is 6.67. The van der Waals surface area contributed by atoms with Crippen LogP contribution in [0.4, 0.5) is 0 Å². The number of nitrogens with one attached hydrogen (secondary N) is 1. The highest BCUT2D eigenvalue weighted by atomic mass is 16.4. The molecule has 0 radical (unpaired) electrons. The van der Waals surface area contributed by atoms with Gasteiger partial charge in [0, 0.05) is 18.1 Å². The summed E-state index contributed by atoms with van der Waals surface area (Å²) < 4.78 is 5.32. The van der Waals surface area contributed by atoms with Crippen LogP contribution < -0.4 is 11.1 Å². The van der Waals surface area contributed by atoms with Crippen molar-refractivity contribution >= 4 is 16.8 Å². The van der Waals surface area contributed by atoms with Gasteiger partial charge in [0.25, 0.3) is 5.91 Å². The van der Waals surface area contributed by atoms with E-state index >= 15 is 0 Å². The van der Waals surface area contributed by atoms with Gasteiger partial charge >= 0.3 is 0 Å². The van der Waals surface area contributed by atoms with Crippen LogP contribution in [-0.2, 0) is 13.1 Å². The Morgan fingerprint density at radius 1 is 1.19 bits per heavy atom. The minimum Gasteiger partial charge on any atom is -0.455 e. The van der Waals surface area contributed by atoms with E-state index in [9.17, 15) is 4.79 Å². The van der Waals surface area contributed by atoms with E-state index in [0.717, 1.165) is 16.5 Å². The summed E-state index contributed by atoms with van der Waals surface area (Å²) in [7, 11) is 0. The van der Waals surface area contributed by atoms with E-state index in [1.54, 1.807) is 18.3 Å². The Labute approximate surface area is 121 Å². The normalized spacial score (nSPS) is 10.7. The van der Waals surface area contributed by atoms with Crippen molar-refractivity contribution < 1.29 is 9.21 Å². The minimum atomic E-state index is -0.261. The second-order valence-electron chi connectivity index (χ2n) is 4.65. The fraction of sp³-hybridized carbons (Fsp3) is 0.125. The number of carbonyl (C=O) groups excluding carboxylic acids is 1. The summed E-state index contributed by atoms with van der Waals surface area (Å²) in [5, 5.41) is 3.88. The van der Waals surface area contributed by atoms with Crippen LogP contribution >= 0.6 is 0 Å². The van der Waals surface area contributed by atoms with Crippen LogP contribution in [0, 0.1) is 0 Å². The first-order chi connectivity index (χ1) is 10.3. The molecule has 5 heteroatoms. The maximum Gasteiger partial charge on any atom is 0.287 e. The molecule has 0 atom stereocenters. The van der Waals surface area contributed by atoms with Gasteiger partial charge in [-0.05, 0) is 23.8 Å². The van der Waals surface area contributed by atoms with Gasteiger partial charge < -0.3 is 15.5 Å². The Bertz CT molecular complexity index is 775. The van der Waals surface area contributed by atoms with Crippen molar-refractivity contribution in [2.24, 2.45) is 5.73 Å². The molecule has 3 aromatic rings. The third-order valence-corrected chi connectivity index (χ3v) is 3.24. The topological polar surface area (TPSA) is 81.2 Å². The molecule has 21 heavy (non-hydrogen) atoms. The van der Waals surface area contributed by atoms with Crippen LogP contribution in [0.5, 0.6) is 0 Å². The first-order valence-corrected chi connectivity index (χ1v) is 6.67. The number of nitrogens with zero attached hydrogens (tertiary/aromatic N) is 1. The summed E-state index contributed by atoms with van der Waals surface area (Å²) in [4.78, 5) is 16.4. The zero-order valence-corrected chi connectivity index (χ0v) is 11.4. The molecular weight excluding hydrogens is 266 g/mol. The Morgan fingerprint density at radius 2 is 2.05 bits per heavy atom. The maximum absolute atomic E-state index is 12.0. The SMILES string of the molecule is NCc1ccc(C(=O)NCc2cccc3cccnc23)o1. The summed E-state index contributed by atoms with van der Waals surface area (Å²) in [6.07, 6.45) is 1.74. The molecule has 3 N–H and O–H groups in total. The van der Waals surface area contributed by atoms with Gasteiger partial charge in [-0.15, -0.1) is 0 Å². The Hall–Kier alpha value is -2.66. The lowest BCUT2D eigenvalue weighted by Gasteiger charge is -2.06. The molecule has 0 bridgehead atoms. The molecule has 0 spiro atoms. The van der Waals surface area contributed by atoms with Gasteiger partial charge in [0.1, 0.15) is 5.76 Å². The van der Waals surface area contributed by atoms with Gasteiger partial charge in [-0.3, -0.25) is 9.78 Å². The van der Waals surface area contributed by atoms with E-state index in [0.29, 0.717) is 12.3 Å². The van der Waals surface area contributed by atoms with Crippen LogP contribution in [0.1, 0.15) is 21.9 Å². The quantitative estimate of drug-likeness (QED) is 0.768. The number of pyridine rings is 1. The molecule has 106 valence electrons. The maximum atomic E-state index is 12.0. The lowest BCUT2D eigenvalue weighted by atomic mass is 10.1. The van der Waals surface area contributed by atoms with Gasteiger partial charge in [-0.1, -0.05) is 24.3 Å². The third kappa shape index (κ3) is 2.78. The standard InChI is InChI=1S/C16H15N3O2/c17-9-13-6-7-14(21-13)16(20)19-10-12-4-1-3-11-5-2-8-18-15(11)12/h1-8H,9-10,17H2,(H,19,20). The molecule has 3 rings (SSSR count). The number of aromatic nitrogens is 1. The van der Waals surface area contributed by atoms with E-state index in [2.05, 4.69) is 10.3 Å². The molecule has 5 nitrogen and oxygen atoms in total. The van der Waals surface area contributed by atoms with Crippen molar-refractivity contribution in [3.05, 3.63) is 65.7 Å². The summed E-state index contributed by atoms with van der Waals surface area (Å²) in [5.41, 5.74) is 7.31. The van der Waals surface area contributed by atoms with Crippen molar-refractivity contribution in [1.82, 2.24) is 10.3 Å².